The van der Waals surface area contributed by atoms with Crippen molar-refractivity contribution in [3.63, 3.8) is 0 Å². The number of halogens is 3. The van der Waals surface area contributed by atoms with Gasteiger partial charge in [-0.3, -0.25) is 0 Å². The van der Waals surface area contributed by atoms with Gasteiger partial charge in [0.1, 0.15) is 17.5 Å². The molecule has 0 aliphatic heterocycles. The quantitative estimate of drug-likeness (QED) is 0.588. The van der Waals surface area contributed by atoms with Crippen LogP contribution in [0.25, 0.3) is 5.47 Å². The lowest BCUT2D eigenvalue weighted by Crippen LogP contribution is -2.44. The van der Waals surface area contributed by atoms with Gasteiger partial charge in [0.2, 0.25) is 6.71 Å². The average molecular weight is 379 g/mol. The summed E-state index contributed by atoms with van der Waals surface area (Å²) in [4.78, 5) is 2.02. The van der Waals surface area contributed by atoms with Crippen LogP contribution < -0.4 is 10.9 Å². The first kappa shape index (κ1) is 20.0. The van der Waals surface area contributed by atoms with Crippen molar-refractivity contribution in [2.75, 3.05) is 20.6 Å². The van der Waals surface area contributed by atoms with E-state index in [1.54, 1.807) is 36.4 Å². The molecule has 0 unspecified atom stereocenters. The topological polar surface area (TPSA) is 3.24 Å². The van der Waals surface area contributed by atoms with Gasteiger partial charge in [-0.15, -0.1) is 0 Å². The van der Waals surface area contributed by atoms with E-state index in [0.29, 0.717) is 6.54 Å². The number of hydrogen-bond acceptors (Lipinski definition) is 1. The van der Waals surface area contributed by atoms with Crippen LogP contribution in [0.1, 0.15) is 5.56 Å². The molecule has 0 saturated carbocycles. The third-order valence-corrected chi connectivity index (χ3v) is 4.57. The van der Waals surface area contributed by atoms with Gasteiger partial charge in [0.15, 0.2) is 0 Å². The van der Waals surface area contributed by atoms with Gasteiger partial charge in [-0.05, 0) is 56.1 Å². The molecule has 1 nitrogen and oxygen atoms in total. The van der Waals surface area contributed by atoms with Gasteiger partial charge in [-0.1, -0.05) is 58.9 Å². The molecule has 3 aromatic rings. The molecule has 0 heterocycles. The number of benzene rings is 3. The van der Waals surface area contributed by atoms with Crippen molar-refractivity contribution in [2.24, 2.45) is 0 Å². The largest absolute Gasteiger partial charge is 0.306 e. The fraction of sp³-hybridized carbons (Fsp3) is 0.130. The summed E-state index contributed by atoms with van der Waals surface area (Å²) in [5, 5.41) is 0. The number of likely N-dealkylation sites (N-methyl/N-ethyl adjacent to an activating group) is 1. The van der Waals surface area contributed by atoms with Crippen molar-refractivity contribution in [1.29, 1.82) is 0 Å². The minimum atomic E-state index is -0.317. The minimum absolute atomic E-state index is 0.244. The van der Waals surface area contributed by atoms with E-state index >= 15 is 0 Å². The van der Waals surface area contributed by atoms with Crippen LogP contribution in [-0.4, -0.2) is 32.3 Å². The van der Waals surface area contributed by atoms with Crippen molar-refractivity contribution in [3.8, 4) is 0 Å². The Kier molecular flexibility index (Phi) is 6.37. The Hall–Kier alpha value is -2.79. The molecule has 3 rings (SSSR count). The summed E-state index contributed by atoms with van der Waals surface area (Å²) in [6, 6.07) is 18.9. The maximum atomic E-state index is 13.5. The molecular formula is C23H21BF3N. The second kappa shape index (κ2) is 8.94. The Morgan fingerprint density at radius 1 is 0.714 bits per heavy atom. The van der Waals surface area contributed by atoms with Crippen molar-refractivity contribution < 1.29 is 13.2 Å². The predicted octanol–water partition coefficient (Wildman–Crippen LogP) is 3.90. The zero-order valence-corrected chi connectivity index (χ0v) is 15.9. The molecule has 0 fully saturated rings. The lowest BCUT2D eigenvalue weighted by Gasteiger charge is -2.21. The van der Waals surface area contributed by atoms with E-state index in [0.717, 1.165) is 22.0 Å². The van der Waals surface area contributed by atoms with Crippen LogP contribution in [0.4, 0.5) is 13.2 Å². The van der Waals surface area contributed by atoms with Crippen molar-refractivity contribution in [1.82, 2.24) is 4.90 Å². The zero-order valence-electron chi connectivity index (χ0n) is 15.9. The maximum Gasteiger partial charge on any atom is 0.241 e. The van der Waals surface area contributed by atoms with E-state index in [2.05, 4.69) is 6.08 Å². The highest BCUT2D eigenvalue weighted by atomic mass is 19.1. The molecule has 0 bridgehead atoms. The Morgan fingerprint density at radius 2 is 1.11 bits per heavy atom. The van der Waals surface area contributed by atoms with Crippen LogP contribution in [-0.2, 0) is 0 Å². The monoisotopic (exact) mass is 379 g/mol. The molecule has 0 N–H and O–H groups in total. The molecule has 0 amide bonds. The average Bonchev–Trinajstić information content (AvgIpc) is 2.68. The Balaban J connectivity index is 2.17. The second-order valence-corrected chi connectivity index (χ2v) is 6.96. The molecule has 0 aromatic heterocycles. The summed E-state index contributed by atoms with van der Waals surface area (Å²) in [7, 11) is 3.92. The zero-order chi connectivity index (χ0) is 20.1. The van der Waals surface area contributed by atoms with E-state index < -0.39 is 0 Å². The highest BCUT2D eigenvalue weighted by Crippen LogP contribution is 2.19. The van der Waals surface area contributed by atoms with Gasteiger partial charge < -0.3 is 4.90 Å². The first-order valence-electron chi connectivity index (χ1n) is 9.05. The minimum Gasteiger partial charge on any atom is -0.306 e. The van der Waals surface area contributed by atoms with Crippen LogP contribution in [0.3, 0.4) is 0 Å². The molecule has 0 radical (unpaired) electrons. The third kappa shape index (κ3) is 4.93. The van der Waals surface area contributed by atoms with Crippen LogP contribution in [0, 0.1) is 17.5 Å². The molecule has 0 atom stereocenters. The summed E-state index contributed by atoms with van der Waals surface area (Å²) < 4.78 is 40.5. The molecule has 142 valence electrons. The van der Waals surface area contributed by atoms with E-state index in [-0.39, 0.29) is 24.2 Å². The van der Waals surface area contributed by atoms with Crippen LogP contribution >= 0.6 is 0 Å². The maximum absolute atomic E-state index is 13.5. The van der Waals surface area contributed by atoms with Gasteiger partial charge in [0.05, 0.1) is 0 Å². The van der Waals surface area contributed by atoms with Gasteiger partial charge in [-0.2, -0.15) is 0 Å². The predicted molar refractivity (Wildman–Crippen MR) is 111 cm³/mol. The highest BCUT2D eigenvalue weighted by Gasteiger charge is 2.25. The first-order valence-corrected chi connectivity index (χ1v) is 9.05. The van der Waals surface area contributed by atoms with Crippen molar-refractivity contribution in [3.05, 3.63) is 102 Å². The van der Waals surface area contributed by atoms with Gasteiger partial charge >= 0.3 is 0 Å². The van der Waals surface area contributed by atoms with Crippen molar-refractivity contribution >= 4 is 23.1 Å². The molecule has 3 aromatic carbocycles. The van der Waals surface area contributed by atoms with Crippen LogP contribution in [0.5, 0.6) is 0 Å². The fourth-order valence-corrected chi connectivity index (χ4v) is 3.19. The lowest BCUT2D eigenvalue weighted by molar-refractivity contribution is 0.457. The smallest absolute Gasteiger partial charge is 0.241 e. The van der Waals surface area contributed by atoms with Gasteiger partial charge in [0.25, 0.3) is 0 Å². The number of rotatable bonds is 6. The molecule has 0 spiro atoms. The SMILES string of the molecule is CN(C)C/C=C(/B(c1ccc(F)cc1)c1ccc(F)cc1)c1ccc(F)cc1. The van der Waals surface area contributed by atoms with E-state index in [1.165, 1.54) is 36.4 Å². The summed E-state index contributed by atoms with van der Waals surface area (Å²) in [5.74, 6) is -0.944. The molecular weight excluding hydrogens is 358 g/mol. The summed E-state index contributed by atoms with van der Waals surface area (Å²) in [6.45, 7) is 0.428. The van der Waals surface area contributed by atoms with Gasteiger partial charge in [0, 0.05) is 6.54 Å². The number of hydrogen-bond donors (Lipinski definition) is 0. The Bertz CT molecular complexity index is 888. The highest BCUT2D eigenvalue weighted by molar-refractivity contribution is 6.99. The Morgan fingerprint density at radius 3 is 1.50 bits per heavy atom. The lowest BCUT2D eigenvalue weighted by atomic mass is 9.35. The molecule has 0 saturated heterocycles. The fourth-order valence-electron chi connectivity index (χ4n) is 3.19. The normalized spacial score (nSPS) is 11.7. The summed E-state index contributed by atoms with van der Waals surface area (Å²) in [6.07, 6.45) is 2.07. The van der Waals surface area contributed by atoms with Crippen LogP contribution in [0.15, 0.2) is 78.9 Å². The van der Waals surface area contributed by atoms with E-state index in [1.807, 2.05) is 19.0 Å². The van der Waals surface area contributed by atoms with E-state index in [9.17, 15) is 13.2 Å². The second-order valence-electron chi connectivity index (χ2n) is 6.96. The Labute approximate surface area is 164 Å². The molecule has 0 aliphatic carbocycles. The molecule has 5 heteroatoms. The van der Waals surface area contributed by atoms with Crippen LogP contribution in [0.2, 0.25) is 0 Å². The molecule has 28 heavy (non-hydrogen) atoms. The number of nitrogens with zero attached hydrogens (tertiary/aromatic N) is 1. The summed E-state index contributed by atoms with van der Waals surface area (Å²) in [5.41, 5.74) is 3.57. The summed E-state index contributed by atoms with van der Waals surface area (Å²) >= 11 is 0. The standard InChI is InChI=1S/C23H21BF3N/c1-28(2)16-15-23(17-3-9-20(25)10-4-17)24(18-5-11-21(26)12-6-18)19-7-13-22(27)14-8-19/h3-15H,16H2,1-2H3/b23-15+. The molecule has 0 aliphatic rings. The van der Waals surface area contributed by atoms with E-state index in [4.69, 9.17) is 0 Å². The third-order valence-electron chi connectivity index (χ3n) is 4.57. The van der Waals surface area contributed by atoms with Gasteiger partial charge in [-0.25, -0.2) is 13.2 Å². The van der Waals surface area contributed by atoms with Crippen molar-refractivity contribution in [2.45, 2.75) is 0 Å². The first-order chi connectivity index (χ1) is 13.4.